The predicted octanol–water partition coefficient (Wildman–Crippen LogP) is 2.73. The molecule has 0 unspecified atom stereocenters. The van der Waals surface area contributed by atoms with Crippen LogP contribution in [0.25, 0.3) is 0 Å². The smallest absolute Gasteiger partial charge is 0.148 e. The third kappa shape index (κ3) is 3.68. The number of aromatic nitrogens is 2. The summed E-state index contributed by atoms with van der Waals surface area (Å²) in [4.78, 5) is 2.26. The lowest BCUT2D eigenvalue weighted by molar-refractivity contribution is 0.655. The van der Waals surface area contributed by atoms with E-state index in [1.54, 1.807) is 0 Å². The minimum absolute atomic E-state index is 0.758. The van der Waals surface area contributed by atoms with Gasteiger partial charge in [0.05, 0.1) is 11.4 Å². The van der Waals surface area contributed by atoms with Crippen LogP contribution >= 0.6 is 0 Å². The number of rotatable bonds is 7. The number of hydrogen-bond acceptors (Lipinski definition) is 4. The van der Waals surface area contributed by atoms with Crippen LogP contribution in [0.2, 0.25) is 0 Å². The Bertz CT molecular complexity index is 562. The molecule has 1 aromatic carbocycles. The Hall–Kier alpha value is -2.17. The van der Waals surface area contributed by atoms with E-state index in [9.17, 15) is 0 Å². The largest absolute Gasteiger partial charge is 0.394 e. The van der Waals surface area contributed by atoms with Crippen LogP contribution in [0.5, 0.6) is 0 Å². The lowest BCUT2D eigenvalue weighted by atomic mass is 10.3. The molecule has 1 aromatic heterocycles. The molecule has 0 atom stereocenters. The molecule has 0 aliphatic rings. The van der Waals surface area contributed by atoms with E-state index in [1.165, 1.54) is 5.69 Å². The normalized spacial score (nSPS) is 10.6. The molecule has 5 nitrogen and oxygen atoms in total. The highest BCUT2D eigenvalue weighted by molar-refractivity contribution is 5.64. The van der Waals surface area contributed by atoms with Gasteiger partial charge in [-0.1, -0.05) is 18.2 Å². The van der Waals surface area contributed by atoms with Gasteiger partial charge in [-0.2, -0.15) is 5.10 Å². The molecule has 0 radical (unpaired) electrons. The van der Waals surface area contributed by atoms with Gasteiger partial charge in [0.15, 0.2) is 0 Å². The summed E-state index contributed by atoms with van der Waals surface area (Å²) in [7, 11) is 2.12. The second kappa shape index (κ2) is 7.02. The zero-order chi connectivity index (χ0) is 15.2. The molecule has 0 aliphatic heterocycles. The highest BCUT2D eigenvalue weighted by atomic mass is 15.3. The molecule has 1 heterocycles. The topological polar surface area (TPSA) is 59.1 Å². The lowest BCUT2D eigenvalue weighted by Crippen LogP contribution is -2.21. The van der Waals surface area contributed by atoms with Crippen molar-refractivity contribution in [3.63, 3.8) is 0 Å². The van der Waals surface area contributed by atoms with Crippen molar-refractivity contribution in [2.45, 2.75) is 26.8 Å². The number of para-hydroxylation sites is 1. The van der Waals surface area contributed by atoms with Crippen molar-refractivity contribution < 1.29 is 0 Å². The van der Waals surface area contributed by atoms with Crippen LogP contribution in [0, 0.1) is 6.92 Å². The van der Waals surface area contributed by atoms with Gasteiger partial charge in [-0.15, -0.1) is 0 Å². The van der Waals surface area contributed by atoms with E-state index >= 15 is 0 Å². The fourth-order valence-corrected chi connectivity index (χ4v) is 2.35. The Labute approximate surface area is 126 Å². The minimum atomic E-state index is 0.758. The fraction of sp³-hybridized carbons (Fsp3) is 0.438. The summed E-state index contributed by atoms with van der Waals surface area (Å²) in [6.45, 7) is 6.71. The van der Waals surface area contributed by atoms with Crippen LogP contribution in [-0.4, -0.2) is 29.9 Å². The first kappa shape index (κ1) is 15.2. The third-order valence-corrected chi connectivity index (χ3v) is 3.63. The molecule has 2 aromatic rings. The van der Waals surface area contributed by atoms with Gasteiger partial charge in [-0.25, -0.2) is 4.68 Å². The van der Waals surface area contributed by atoms with Crippen LogP contribution in [0.4, 0.5) is 17.2 Å². The molecule has 0 saturated heterocycles. The van der Waals surface area contributed by atoms with E-state index in [2.05, 4.69) is 53.6 Å². The van der Waals surface area contributed by atoms with Gasteiger partial charge in [-0.3, -0.25) is 0 Å². The van der Waals surface area contributed by atoms with Crippen LogP contribution < -0.4 is 16.0 Å². The zero-order valence-corrected chi connectivity index (χ0v) is 13.1. The van der Waals surface area contributed by atoms with E-state index in [1.807, 2.05) is 17.7 Å². The average molecular weight is 287 g/mol. The van der Waals surface area contributed by atoms with Gasteiger partial charge in [0.25, 0.3) is 0 Å². The second-order valence-electron chi connectivity index (χ2n) is 5.20. The van der Waals surface area contributed by atoms with Crippen LogP contribution in [0.15, 0.2) is 30.3 Å². The summed E-state index contributed by atoms with van der Waals surface area (Å²) in [5.41, 5.74) is 8.95. The molecular weight excluding hydrogens is 262 g/mol. The van der Waals surface area contributed by atoms with Gasteiger partial charge in [0.1, 0.15) is 5.82 Å². The molecule has 0 spiro atoms. The maximum Gasteiger partial charge on any atom is 0.148 e. The number of nitrogens with zero attached hydrogens (tertiary/aromatic N) is 3. The number of nitrogen functional groups attached to an aromatic ring is 1. The minimum Gasteiger partial charge on any atom is -0.394 e. The molecule has 0 aliphatic carbocycles. The Balaban J connectivity index is 1.83. The van der Waals surface area contributed by atoms with Gasteiger partial charge < -0.3 is 16.0 Å². The fourth-order valence-electron chi connectivity index (χ4n) is 2.35. The molecule has 0 amide bonds. The molecule has 114 valence electrons. The number of benzene rings is 1. The Morgan fingerprint density at radius 1 is 1.29 bits per heavy atom. The third-order valence-electron chi connectivity index (χ3n) is 3.63. The molecule has 0 fully saturated rings. The first-order chi connectivity index (χ1) is 10.1. The second-order valence-corrected chi connectivity index (χ2v) is 5.20. The number of nitrogens with two attached hydrogens (primary N) is 1. The van der Waals surface area contributed by atoms with Crippen molar-refractivity contribution in [1.29, 1.82) is 0 Å². The number of aryl methyl sites for hydroxylation is 2. The molecule has 2 rings (SSSR count). The summed E-state index contributed by atoms with van der Waals surface area (Å²) < 4.78 is 1.92. The van der Waals surface area contributed by atoms with E-state index in [0.29, 0.717) is 0 Å². The zero-order valence-electron chi connectivity index (χ0n) is 13.1. The first-order valence-corrected chi connectivity index (χ1v) is 7.46. The summed E-state index contributed by atoms with van der Waals surface area (Å²) in [6, 6.07) is 10.4. The van der Waals surface area contributed by atoms with Crippen molar-refractivity contribution in [1.82, 2.24) is 9.78 Å². The number of hydrogen-bond donors (Lipinski definition) is 2. The highest BCUT2D eigenvalue weighted by Gasteiger charge is 2.10. The average Bonchev–Trinajstić information content (AvgIpc) is 2.79. The van der Waals surface area contributed by atoms with Crippen molar-refractivity contribution in [3.05, 3.63) is 36.0 Å². The SMILES string of the molecule is CCn1nc(C)c(N)c1NCCCN(C)c1ccccc1. The Kier molecular flexibility index (Phi) is 5.09. The molecular formula is C16H25N5. The summed E-state index contributed by atoms with van der Waals surface area (Å²) >= 11 is 0. The first-order valence-electron chi connectivity index (χ1n) is 7.46. The summed E-state index contributed by atoms with van der Waals surface area (Å²) in [6.07, 6.45) is 1.04. The van der Waals surface area contributed by atoms with Crippen molar-refractivity contribution in [2.75, 3.05) is 36.1 Å². The van der Waals surface area contributed by atoms with Gasteiger partial charge in [0.2, 0.25) is 0 Å². The maximum atomic E-state index is 6.06. The van der Waals surface area contributed by atoms with Gasteiger partial charge in [-0.05, 0) is 32.4 Å². The van der Waals surface area contributed by atoms with E-state index in [4.69, 9.17) is 5.73 Å². The van der Waals surface area contributed by atoms with Crippen LogP contribution in [-0.2, 0) is 6.54 Å². The maximum absolute atomic E-state index is 6.06. The Morgan fingerprint density at radius 3 is 2.67 bits per heavy atom. The number of anilines is 3. The Morgan fingerprint density at radius 2 is 2.00 bits per heavy atom. The lowest BCUT2D eigenvalue weighted by Gasteiger charge is -2.19. The molecule has 5 heteroatoms. The molecule has 21 heavy (non-hydrogen) atoms. The molecule has 0 bridgehead atoms. The quantitative estimate of drug-likeness (QED) is 0.769. The highest BCUT2D eigenvalue weighted by Crippen LogP contribution is 2.21. The predicted molar refractivity (Wildman–Crippen MR) is 89.9 cm³/mol. The number of nitrogens with one attached hydrogen (secondary N) is 1. The van der Waals surface area contributed by atoms with Gasteiger partial charge in [0, 0.05) is 32.4 Å². The summed E-state index contributed by atoms with van der Waals surface area (Å²) in [5, 5.41) is 7.82. The summed E-state index contributed by atoms with van der Waals surface area (Å²) in [5.74, 6) is 0.942. The van der Waals surface area contributed by atoms with Gasteiger partial charge >= 0.3 is 0 Å². The molecule has 0 saturated carbocycles. The van der Waals surface area contributed by atoms with E-state index in [0.717, 1.165) is 43.3 Å². The van der Waals surface area contributed by atoms with Crippen LogP contribution in [0.1, 0.15) is 19.0 Å². The monoisotopic (exact) mass is 287 g/mol. The van der Waals surface area contributed by atoms with E-state index in [-0.39, 0.29) is 0 Å². The van der Waals surface area contributed by atoms with E-state index < -0.39 is 0 Å². The van der Waals surface area contributed by atoms with Crippen LogP contribution in [0.3, 0.4) is 0 Å². The van der Waals surface area contributed by atoms with Crippen molar-refractivity contribution in [3.8, 4) is 0 Å². The van der Waals surface area contributed by atoms with Crippen molar-refractivity contribution >= 4 is 17.2 Å². The molecule has 3 N–H and O–H groups in total. The standard InChI is InChI=1S/C16H25N5/c1-4-21-16(15(17)13(2)19-21)18-11-8-12-20(3)14-9-6-5-7-10-14/h5-7,9-10,18H,4,8,11-12,17H2,1-3H3. The van der Waals surface area contributed by atoms with Crippen molar-refractivity contribution in [2.24, 2.45) is 0 Å².